The van der Waals surface area contributed by atoms with E-state index in [0.29, 0.717) is 36.4 Å². The van der Waals surface area contributed by atoms with E-state index >= 15 is 0 Å². The summed E-state index contributed by atoms with van der Waals surface area (Å²) >= 11 is 0. The number of oxazole rings is 1. The summed E-state index contributed by atoms with van der Waals surface area (Å²) in [5.41, 5.74) is 1.08. The van der Waals surface area contributed by atoms with Gasteiger partial charge >= 0.3 is 5.89 Å². The van der Waals surface area contributed by atoms with Gasteiger partial charge in [-0.1, -0.05) is 12.1 Å². The van der Waals surface area contributed by atoms with Crippen LogP contribution in [0.1, 0.15) is 5.89 Å². The van der Waals surface area contributed by atoms with Crippen molar-refractivity contribution in [2.75, 3.05) is 6.54 Å². The molecule has 0 bridgehead atoms. The maximum atomic E-state index is 11.6. The van der Waals surface area contributed by atoms with Gasteiger partial charge in [-0.05, 0) is 6.07 Å². The first-order valence-corrected chi connectivity index (χ1v) is 4.60. The largest absolute Gasteiger partial charge is 0.616 e. The molecule has 0 aliphatic rings. The van der Waals surface area contributed by atoms with Crippen molar-refractivity contribution in [1.29, 1.82) is 0 Å². The number of fused-ring (bicyclic) bond motifs is 1. The number of carbonyl (C=O) groups is 1. The highest BCUT2D eigenvalue weighted by Crippen LogP contribution is 2.12. The molecule has 0 fully saturated rings. The second-order valence-electron chi connectivity index (χ2n) is 3.08. The lowest BCUT2D eigenvalue weighted by molar-refractivity contribution is -0.592. The summed E-state index contributed by atoms with van der Waals surface area (Å²) in [6, 6.07) is 7.02. The Labute approximate surface area is 85.9 Å². The van der Waals surface area contributed by atoms with E-state index in [-0.39, 0.29) is 0 Å². The van der Waals surface area contributed by atoms with Crippen molar-refractivity contribution in [2.45, 2.75) is 6.42 Å². The van der Waals surface area contributed by atoms with Gasteiger partial charge in [0.15, 0.2) is 0 Å². The van der Waals surface area contributed by atoms with Crippen LogP contribution in [0.3, 0.4) is 0 Å². The highest BCUT2D eigenvalue weighted by atomic mass is 16.5. The first kappa shape index (κ1) is 9.51. The Morgan fingerprint density at radius 1 is 1.47 bits per heavy atom. The highest BCUT2D eigenvalue weighted by molar-refractivity contribution is 5.68. The van der Waals surface area contributed by atoms with Crippen molar-refractivity contribution in [1.82, 2.24) is 5.32 Å². The molecule has 5 heteroatoms. The van der Waals surface area contributed by atoms with E-state index in [2.05, 4.69) is 5.32 Å². The predicted molar refractivity (Wildman–Crippen MR) is 52.9 cm³/mol. The number of nitrogens with one attached hydrogen (secondary N) is 1. The highest BCUT2D eigenvalue weighted by Gasteiger charge is 2.16. The second-order valence-corrected chi connectivity index (χ2v) is 3.08. The van der Waals surface area contributed by atoms with Crippen LogP contribution in [-0.2, 0) is 11.2 Å². The molecule has 15 heavy (non-hydrogen) atoms. The van der Waals surface area contributed by atoms with Gasteiger partial charge in [-0.15, -0.1) is 4.73 Å². The third-order valence-corrected chi connectivity index (χ3v) is 2.10. The molecule has 78 valence electrons. The number of amides is 1. The van der Waals surface area contributed by atoms with Gasteiger partial charge in [0.1, 0.15) is 0 Å². The van der Waals surface area contributed by atoms with E-state index < -0.39 is 0 Å². The number of benzene rings is 1. The summed E-state index contributed by atoms with van der Waals surface area (Å²) < 4.78 is 6.09. The summed E-state index contributed by atoms with van der Waals surface area (Å²) in [6.45, 7) is 0.394. The molecule has 0 radical (unpaired) electrons. The van der Waals surface area contributed by atoms with Gasteiger partial charge in [0, 0.05) is 12.6 Å². The normalized spacial score (nSPS) is 10.4. The molecule has 0 unspecified atom stereocenters. The molecule has 1 aromatic heterocycles. The molecule has 2 rings (SSSR count). The molecule has 1 heterocycles. The zero-order valence-corrected chi connectivity index (χ0v) is 7.97. The van der Waals surface area contributed by atoms with Gasteiger partial charge in [-0.25, -0.2) is 0 Å². The van der Waals surface area contributed by atoms with Crippen LogP contribution in [0.5, 0.6) is 0 Å². The number of carbonyl (C=O) groups excluding carboxylic acids is 1. The van der Waals surface area contributed by atoms with Gasteiger partial charge in [0.2, 0.25) is 12.0 Å². The molecule has 2 aromatic rings. The molecule has 0 atom stereocenters. The standard InChI is InChI=1S/C10H10N2O3/c13-7-11-6-5-10-12(14)8-3-1-2-4-9(8)15-10/h1-4,7H,5-6H2,(H,11,13). The predicted octanol–water partition coefficient (Wildman–Crippen LogP) is 0.355. The van der Waals surface area contributed by atoms with Crippen LogP contribution in [0.25, 0.3) is 11.1 Å². The van der Waals surface area contributed by atoms with Crippen LogP contribution in [0, 0.1) is 5.21 Å². The van der Waals surface area contributed by atoms with Gasteiger partial charge in [0.05, 0.1) is 6.42 Å². The van der Waals surface area contributed by atoms with Gasteiger partial charge < -0.3 is 14.9 Å². The summed E-state index contributed by atoms with van der Waals surface area (Å²) in [7, 11) is 0. The van der Waals surface area contributed by atoms with Crippen molar-refractivity contribution in [3.05, 3.63) is 35.4 Å². The fourth-order valence-corrected chi connectivity index (χ4v) is 1.40. The third-order valence-electron chi connectivity index (χ3n) is 2.10. The minimum atomic E-state index is 0.311. The quantitative estimate of drug-likeness (QED) is 0.340. The molecule has 1 aromatic carbocycles. The first-order chi connectivity index (χ1) is 7.33. The molecule has 1 N–H and O–H groups in total. The minimum Gasteiger partial charge on any atom is -0.616 e. The fraction of sp³-hybridized carbons (Fsp3) is 0.200. The minimum absolute atomic E-state index is 0.311. The summed E-state index contributed by atoms with van der Waals surface area (Å²) in [5, 5.41) is 14.1. The van der Waals surface area contributed by atoms with Gasteiger partial charge in [0.25, 0.3) is 5.52 Å². The van der Waals surface area contributed by atoms with E-state index in [1.54, 1.807) is 24.3 Å². The van der Waals surface area contributed by atoms with E-state index in [0.717, 1.165) is 4.73 Å². The van der Waals surface area contributed by atoms with Crippen molar-refractivity contribution in [2.24, 2.45) is 0 Å². The number of hydrogen-bond acceptors (Lipinski definition) is 3. The van der Waals surface area contributed by atoms with Crippen molar-refractivity contribution in [3.8, 4) is 0 Å². The smallest absolute Gasteiger partial charge is 0.361 e. The molecular weight excluding hydrogens is 196 g/mol. The van der Waals surface area contributed by atoms with Gasteiger partial charge in [-0.2, -0.15) is 0 Å². The second kappa shape index (κ2) is 4.00. The summed E-state index contributed by atoms with van der Waals surface area (Å²) in [5.74, 6) is 0.311. The van der Waals surface area contributed by atoms with E-state index in [1.165, 1.54) is 0 Å². The van der Waals surface area contributed by atoms with E-state index in [1.807, 2.05) is 0 Å². The number of hydrogen-bond donors (Lipinski definition) is 1. The van der Waals surface area contributed by atoms with Crippen LogP contribution >= 0.6 is 0 Å². The average Bonchev–Trinajstić information content (AvgIpc) is 2.57. The van der Waals surface area contributed by atoms with Gasteiger partial charge in [-0.3, -0.25) is 4.79 Å². The summed E-state index contributed by atoms with van der Waals surface area (Å²) in [6.07, 6.45) is 0.981. The lowest BCUT2D eigenvalue weighted by atomic mass is 10.3. The van der Waals surface area contributed by atoms with Crippen LogP contribution < -0.4 is 10.0 Å². The molecule has 0 aliphatic heterocycles. The Morgan fingerprint density at radius 2 is 2.27 bits per heavy atom. The molecule has 0 spiro atoms. The Bertz CT molecular complexity index is 478. The van der Waals surface area contributed by atoms with Crippen molar-refractivity contribution >= 4 is 17.5 Å². The van der Waals surface area contributed by atoms with E-state index in [4.69, 9.17) is 4.42 Å². The Kier molecular flexibility index (Phi) is 2.53. The molecule has 1 amide bonds. The molecule has 0 saturated carbocycles. The van der Waals surface area contributed by atoms with Crippen molar-refractivity contribution < 1.29 is 13.9 Å². The maximum absolute atomic E-state index is 11.6. The monoisotopic (exact) mass is 206 g/mol. The summed E-state index contributed by atoms with van der Waals surface area (Å²) in [4.78, 5) is 10.0. The number of aromatic nitrogens is 1. The zero-order valence-electron chi connectivity index (χ0n) is 7.97. The van der Waals surface area contributed by atoms with Crippen LogP contribution in [-0.4, -0.2) is 13.0 Å². The SMILES string of the molecule is O=CNCCc1oc2ccccc2[n+]1[O-]. The fourth-order valence-electron chi connectivity index (χ4n) is 1.40. The Hall–Kier alpha value is -2.04. The number of nitrogens with zero attached hydrogens (tertiary/aromatic N) is 1. The zero-order chi connectivity index (χ0) is 10.7. The van der Waals surface area contributed by atoms with Crippen LogP contribution in [0.4, 0.5) is 0 Å². The Morgan fingerprint density at radius 3 is 3.00 bits per heavy atom. The first-order valence-electron chi connectivity index (χ1n) is 4.60. The molecule has 0 aliphatic carbocycles. The lowest BCUT2D eigenvalue weighted by Crippen LogP contribution is -2.31. The van der Waals surface area contributed by atoms with E-state index in [9.17, 15) is 10.0 Å². The van der Waals surface area contributed by atoms with Crippen LogP contribution in [0.15, 0.2) is 28.7 Å². The molecule has 0 saturated heterocycles. The molecule has 5 nitrogen and oxygen atoms in total. The third kappa shape index (κ3) is 1.76. The Balaban J connectivity index is 2.27. The maximum Gasteiger partial charge on any atom is 0.361 e. The lowest BCUT2D eigenvalue weighted by Gasteiger charge is -1.95. The average molecular weight is 206 g/mol. The number of rotatable bonds is 4. The van der Waals surface area contributed by atoms with Crippen molar-refractivity contribution in [3.63, 3.8) is 0 Å². The topological polar surface area (TPSA) is 69.2 Å². The van der Waals surface area contributed by atoms with Crippen LogP contribution in [0.2, 0.25) is 0 Å². The number of para-hydroxylation sites is 2. The molecular formula is C10H10N2O3.